The molecule has 1 N–H and O–H groups in total. The molecule has 0 saturated carbocycles. The zero-order valence-electron chi connectivity index (χ0n) is 11.5. The highest BCUT2D eigenvalue weighted by atomic mass is 15.1. The molecule has 1 aromatic heterocycles. The number of hydrogen-bond acceptors (Lipinski definition) is 1. The van der Waals surface area contributed by atoms with Gasteiger partial charge in [0.1, 0.15) is 0 Å². The van der Waals surface area contributed by atoms with Crippen LogP contribution in [0.3, 0.4) is 0 Å². The van der Waals surface area contributed by atoms with Crippen molar-refractivity contribution in [2.45, 2.75) is 0 Å². The Morgan fingerprint density at radius 3 is 1.86 bits per heavy atom. The topological polar surface area (TPSA) is 28.7 Å². The third-order valence-electron chi connectivity index (χ3n) is 3.75. The van der Waals surface area contributed by atoms with E-state index in [4.69, 9.17) is 0 Å². The van der Waals surface area contributed by atoms with Crippen molar-refractivity contribution in [3.63, 3.8) is 0 Å². The van der Waals surface area contributed by atoms with E-state index in [1.54, 1.807) is 0 Å². The van der Waals surface area contributed by atoms with Gasteiger partial charge in [0, 0.05) is 5.39 Å². The predicted molar refractivity (Wildman–Crippen MR) is 87.0 cm³/mol. The first-order chi connectivity index (χ1) is 10.4. The molecule has 4 rings (SSSR count). The first-order valence-electron chi connectivity index (χ1n) is 7.00. The number of hydrogen-bond donors (Lipinski definition) is 1. The summed E-state index contributed by atoms with van der Waals surface area (Å²) in [6, 6.07) is 25.3. The first kappa shape index (κ1) is 11.9. The Bertz CT molecular complexity index is 804. The van der Waals surface area contributed by atoms with E-state index in [1.807, 2.05) is 18.3 Å². The van der Waals surface area contributed by atoms with Crippen molar-refractivity contribution in [1.29, 1.82) is 0 Å². The van der Waals surface area contributed by atoms with Crippen molar-refractivity contribution in [3.8, 4) is 22.3 Å². The Kier molecular flexibility index (Phi) is 2.79. The fourth-order valence-electron chi connectivity index (χ4n) is 2.70. The summed E-state index contributed by atoms with van der Waals surface area (Å²) < 4.78 is 0. The second kappa shape index (κ2) is 4.91. The molecular weight excluding hydrogens is 256 g/mol. The van der Waals surface area contributed by atoms with Crippen LogP contribution in [0.2, 0.25) is 0 Å². The summed E-state index contributed by atoms with van der Waals surface area (Å²) in [6.45, 7) is 0. The highest BCUT2D eigenvalue weighted by Crippen LogP contribution is 2.34. The van der Waals surface area contributed by atoms with Gasteiger partial charge in [-0.1, -0.05) is 60.7 Å². The second-order valence-corrected chi connectivity index (χ2v) is 5.09. The zero-order valence-corrected chi connectivity index (χ0v) is 11.5. The summed E-state index contributed by atoms with van der Waals surface area (Å²) in [4.78, 5) is 0. The molecule has 2 nitrogen and oxygen atoms in total. The van der Waals surface area contributed by atoms with Crippen LogP contribution in [0, 0.1) is 0 Å². The molecule has 0 saturated heterocycles. The molecule has 0 aliphatic heterocycles. The monoisotopic (exact) mass is 270 g/mol. The van der Waals surface area contributed by atoms with Crippen LogP contribution in [-0.2, 0) is 0 Å². The second-order valence-electron chi connectivity index (χ2n) is 5.09. The largest absolute Gasteiger partial charge is 0.278 e. The fourth-order valence-corrected chi connectivity index (χ4v) is 2.70. The third-order valence-corrected chi connectivity index (χ3v) is 3.75. The zero-order chi connectivity index (χ0) is 14.1. The van der Waals surface area contributed by atoms with Crippen LogP contribution in [-0.4, -0.2) is 10.2 Å². The van der Waals surface area contributed by atoms with E-state index in [0.717, 1.165) is 10.9 Å². The van der Waals surface area contributed by atoms with Crippen LogP contribution in [0.4, 0.5) is 0 Å². The maximum absolute atomic E-state index is 4.15. The van der Waals surface area contributed by atoms with Crippen LogP contribution < -0.4 is 0 Å². The number of rotatable bonds is 2. The van der Waals surface area contributed by atoms with Gasteiger partial charge in [0.05, 0.1) is 11.7 Å². The van der Waals surface area contributed by atoms with E-state index in [-0.39, 0.29) is 0 Å². The van der Waals surface area contributed by atoms with E-state index in [9.17, 15) is 0 Å². The van der Waals surface area contributed by atoms with Crippen molar-refractivity contribution >= 4 is 10.9 Å². The van der Waals surface area contributed by atoms with E-state index in [2.05, 4.69) is 70.9 Å². The standard InChI is InChI=1S/C19H14N2/c1-3-7-14(8-4-1)17-11-16-13-20-21-19(16)12-18(17)15-9-5-2-6-10-15/h1-13H,(H,20,21). The van der Waals surface area contributed by atoms with Gasteiger partial charge in [0.25, 0.3) is 0 Å². The summed E-state index contributed by atoms with van der Waals surface area (Å²) in [5.41, 5.74) is 5.95. The molecule has 100 valence electrons. The summed E-state index contributed by atoms with van der Waals surface area (Å²) in [7, 11) is 0. The summed E-state index contributed by atoms with van der Waals surface area (Å²) in [5.74, 6) is 0. The van der Waals surface area contributed by atoms with Crippen LogP contribution in [0.25, 0.3) is 33.2 Å². The number of aromatic nitrogens is 2. The van der Waals surface area contributed by atoms with E-state index in [0.29, 0.717) is 0 Å². The molecule has 3 aromatic carbocycles. The lowest BCUT2D eigenvalue weighted by atomic mass is 9.93. The van der Waals surface area contributed by atoms with Crippen LogP contribution in [0.15, 0.2) is 79.0 Å². The Morgan fingerprint density at radius 2 is 1.24 bits per heavy atom. The maximum atomic E-state index is 4.15. The van der Waals surface area contributed by atoms with E-state index in [1.165, 1.54) is 22.3 Å². The van der Waals surface area contributed by atoms with Crippen LogP contribution >= 0.6 is 0 Å². The molecular formula is C19H14N2. The lowest BCUT2D eigenvalue weighted by molar-refractivity contribution is 1.12. The van der Waals surface area contributed by atoms with Gasteiger partial charge in [-0.15, -0.1) is 0 Å². The van der Waals surface area contributed by atoms with Crippen LogP contribution in [0.5, 0.6) is 0 Å². The van der Waals surface area contributed by atoms with Gasteiger partial charge < -0.3 is 0 Å². The van der Waals surface area contributed by atoms with Gasteiger partial charge in [-0.25, -0.2) is 0 Å². The summed E-state index contributed by atoms with van der Waals surface area (Å²) >= 11 is 0. The highest BCUT2D eigenvalue weighted by Gasteiger charge is 2.10. The quantitative estimate of drug-likeness (QED) is 0.551. The number of benzene rings is 3. The van der Waals surface area contributed by atoms with Gasteiger partial charge in [0.15, 0.2) is 0 Å². The molecule has 0 spiro atoms. The molecule has 4 aromatic rings. The Balaban J connectivity index is 2.03. The molecule has 1 heterocycles. The van der Waals surface area contributed by atoms with Crippen molar-refractivity contribution in [1.82, 2.24) is 10.2 Å². The van der Waals surface area contributed by atoms with Crippen LogP contribution in [0.1, 0.15) is 0 Å². The molecule has 0 aliphatic rings. The average Bonchev–Trinajstić information content (AvgIpc) is 3.03. The number of fused-ring (bicyclic) bond motifs is 1. The van der Waals surface area contributed by atoms with Gasteiger partial charge >= 0.3 is 0 Å². The van der Waals surface area contributed by atoms with Gasteiger partial charge in [0.2, 0.25) is 0 Å². The summed E-state index contributed by atoms with van der Waals surface area (Å²) in [5, 5.41) is 8.34. The third kappa shape index (κ3) is 2.11. The lowest BCUT2D eigenvalue weighted by Crippen LogP contribution is -1.85. The number of aromatic amines is 1. The van der Waals surface area contributed by atoms with Gasteiger partial charge in [-0.2, -0.15) is 5.10 Å². The van der Waals surface area contributed by atoms with E-state index < -0.39 is 0 Å². The normalized spacial score (nSPS) is 10.9. The van der Waals surface area contributed by atoms with Crippen molar-refractivity contribution in [2.75, 3.05) is 0 Å². The Morgan fingerprint density at radius 1 is 0.667 bits per heavy atom. The smallest absolute Gasteiger partial charge is 0.0656 e. The number of H-pyrrole nitrogens is 1. The molecule has 0 bridgehead atoms. The van der Waals surface area contributed by atoms with Gasteiger partial charge in [-0.3, -0.25) is 5.10 Å². The Labute approximate surface area is 123 Å². The molecule has 0 fully saturated rings. The number of nitrogens with zero attached hydrogens (tertiary/aromatic N) is 1. The SMILES string of the molecule is c1ccc(-c2cc3cn[nH]c3cc2-c2ccccc2)cc1. The predicted octanol–water partition coefficient (Wildman–Crippen LogP) is 4.90. The number of nitrogens with one attached hydrogen (secondary N) is 1. The molecule has 0 aliphatic carbocycles. The fraction of sp³-hybridized carbons (Fsp3) is 0. The molecule has 0 unspecified atom stereocenters. The first-order valence-corrected chi connectivity index (χ1v) is 7.00. The minimum Gasteiger partial charge on any atom is -0.278 e. The molecule has 0 atom stereocenters. The maximum Gasteiger partial charge on any atom is 0.0656 e. The van der Waals surface area contributed by atoms with Gasteiger partial charge in [-0.05, 0) is 34.4 Å². The molecule has 2 heteroatoms. The van der Waals surface area contributed by atoms with Crippen molar-refractivity contribution in [2.24, 2.45) is 0 Å². The minimum absolute atomic E-state index is 1.06. The minimum atomic E-state index is 1.06. The summed E-state index contributed by atoms with van der Waals surface area (Å²) in [6.07, 6.45) is 1.87. The lowest BCUT2D eigenvalue weighted by Gasteiger charge is -2.11. The van der Waals surface area contributed by atoms with E-state index >= 15 is 0 Å². The molecule has 21 heavy (non-hydrogen) atoms. The highest BCUT2D eigenvalue weighted by molar-refractivity contribution is 5.94. The van der Waals surface area contributed by atoms with Crippen molar-refractivity contribution < 1.29 is 0 Å². The molecule has 0 radical (unpaired) electrons. The Hall–Kier alpha value is -2.87. The molecule has 0 amide bonds. The van der Waals surface area contributed by atoms with Crippen molar-refractivity contribution in [3.05, 3.63) is 79.0 Å². The average molecular weight is 270 g/mol.